The quantitative estimate of drug-likeness (QED) is 0.823. The lowest BCUT2D eigenvalue weighted by atomic mass is 10.3. The Kier molecular flexibility index (Phi) is 4.02. The molecule has 0 radical (unpaired) electrons. The van der Waals surface area contributed by atoms with Crippen LogP contribution in [-0.4, -0.2) is 37.0 Å². The summed E-state index contributed by atoms with van der Waals surface area (Å²) >= 11 is 0. The van der Waals surface area contributed by atoms with Crippen LogP contribution < -0.4 is 9.64 Å². The van der Waals surface area contributed by atoms with Gasteiger partial charge in [0, 0.05) is 31.6 Å². The molecule has 0 aromatic carbocycles. The first kappa shape index (κ1) is 12.9. The maximum absolute atomic E-state index is 11.9. The van der Waals surface area contributed by atoms with Crippen molar-refractivity contribution in [3.63, 3.8) is 0 Å². The zero-order valence-corrected chi connectivity index (χ0v) is 10.8. The SMILES string of the molecule is COc1ccncc1N(C(C)=O)C1=CN=CCN=C1. The van der Waals surface area contributed by atoms with Gasteiger partial charge in [0.05, 0.1) is 31.7 Å². The van der Waals surface area contributed by atoms with Gasteiger partial charge in [0.1, 0.15) is 11.4 Å². The maximum Gasteiger partial charge on any atom is 0.228 e. The zero-order valence-electron chi connectivity index (χ0n) is 10.8. The van der Waals surface area contributed by atoms with Gasteiger partial charge < -0.3 is 4.74 Å². The van der Waals surface area contributed by atoms with Crippen molar-refractivity contribution >= 4 is 24.0 Å². The van der Waals surface area contributed by atoms with Crippen LogP contribution in [0.25, 0.3) is 0 Å². The van der Waals surface area contributed by atoms with Crippen molar-refractivity contribution in [2.24, 2.45) is 9.98 Å². The number of carbonyl (C=O) groups excluding carboxylic acids is 1. The molecule has 0 aliphatic carbocycles. The summed E-state index contributed by atoms with van der Waals surface area (Å²) in [6.45, 7) is 1.96. The van der Waals surface area contributed by atoms with E-state index in [1.165, 1.54) is 11.8 Å². The van der Waals surface area contributed by atoms with E-state index < -0.39 is 0 Å². The van der Waals surface area contributed by atoms with E-state index in [0.29, 0.717) is 23.7 Å². The molecular formula is C13H14N4O2. The highest BCUT2D eigenvalue weighted by molar-refractivity contribution is 6.03. The predicted molar refractivity (Wildman–Crippen MR) is 73.9 cm³/mol. The van der Waals surface area contributed by atoms with Crippen molar-refractivity contribution in [2.45, 2.75) is 6.92 Å². The third kappa shape index (κ3) is 2.85. The van der Waals surface area contributed by atoms with E-state index in [9.17, 15) is 4.79 Å². The topological polar surface area (TPSA) is 67.2 Å². The minimum Gasteiger partial charge on any atom is -0.494 e. The lowest BCUT2D eigenvalue weighted by molar-refractivity contribution is -0.116. The normalized spacial score (nSPS) is 13.7. The number of anilines is 1. The number of aromatic nitrogens is 1. The van der Waals surface area contributed by atoms with Crippen LogP contribution in [0.4, 0.5) is 5.69 Å². The Hall–Kier alpha value is -2.50. The third-order valence-corrected chi connectivity index (χ3v) is 2.52. The highest BCUT2D eigenvalue weighted by Crippen LogP contribution is 2.29. The van der Waals surface area contributed by atoms with E-state index >= 15 is 0 Å². The van der Waals surface area contributed by atoms with Crippen LogP contribution in [0.3, 0.4) is 0 Å². The zero-order chi connectivity index (χ0) is 13.7. The number of hydrogen-bond donors (Lipinski definition) is 0. The second kappa shape index (κ2) is 5.90. The summed E-state index contributed by atoms with van der Waals surface area (Å²) in [5.74, 6) is 0.397. The van der Waals surface area contributed by atoms with Crippen molar-refractivity contribution in [1.82, 2.24) is 4.98 Å². The molecule has 1 amide bonds. The molecule has 0 unspecified atom stereocenters. The summed E-state index contributed by atoms with van der Waals surface area (Å²) in [5.41, 5.74) is 1.14. The fourth-order valence-corrected chi connectivity index (χ4v) is 1.72. The maximum atomic E-state index is 11.9. The molecule has 1 aromatic heterocycles. The molecule has 19 heavy (non-hydrogen) atoms. The number of carbonyl (C=O) groups is 1. The van der Waals surface area contributed by atoms with Crippen LogP contribution >= 0.6 is 0 Å². The van der Waals surface area contributed by atoms with Gasteiger partial charge in [-0.1, -0.05) is 0 Å². The Labute approximate surface area is 111 Å². The number of pyridine rings is 1. The second-order valence-corrected chi connectivity index (χ2v) is 3.78. The molecule has 6 nitrogen and oxygen atoms in total. The molecule has 6 heteroatoms. The second-order valence-electron chi connectivity index (χ2n) is 3.78. The number of rotatable bonds is 3. The van der Waals surface area contributed by atoms with Gasteiger partial charge >= 0.3 is 0 Å². The van der Waals surface area contributed by atoms with Crippen molar-refractivity contribution < 1.29 is 9.53 Å². The molecule has 0 bridgehead atoms. The first-order valence-electron chi connectivity index (χ1n) is 5.74. The largest absolute Gasteiger partial charge is 0.494 e. The van der Waals surface area contributed by atoms with Gasteiger partial charge in [0.15, 0.2) is 0 Å². The molecular weight excluding hydrogens is 244 g/mol. The molecule has 0 N–H and O–H groups in total. The number of nitrogens with zero attached hydrogens (tertiary/aromatic N) is 4. The minimum atomic E-state index is -0.166. The fraction of sp³-hybridized carbons (Fsp3) is 0.231. The van der Waals surface area contributed by atoms with Gasteiger partial charge in [-0.05, 0) is 0 Å². The van der Waals surface area contributed by atoms with Gasteiger partial charge in [0.2, 0.25) is 5.91 Å². The Morgan fingerprint density at radius 3 is 3.05 bits per heavy atom. The molecule has 2 rings (SSSR count). The third-order valence-electron chi connectivity index (χ3n) is 2.52. The Balaban J connectivity index is 2.49. The van der Waals surface area contributed by atoms with Crippen LogP contribution in [0.1, 0.15) is 6.92 Å². The number of hydrogen-bond acceptors (Lipinski definition) is 5. The molecule has 2 heterocycles. The molecule has 98 valence electrons. The molecule has 0 saturated heterocycles. The number of amides is 1. The van der Waals surface area contributed by atoms with Gasteiger partial charge in [0.25, 0.3) is 0 Å². The number of allylic oxidation sites excluding steroid dienone is 1. The van der Waals surface area contributed by atoms with Crippen LogP contribution in [0.15, 0.2) is 40.3 Å². The average Bonchev–Trinajstić information content (AvgIpc) is 2.68. The summed E-state index contributed by atoms with van der Waals surface area (Å²) in [7, 11) is 1.55. The van der Waals surface area contributed by atoms with Gasteiger partial charge in [-0.3, -0.25) is 24.7 Å². The van der Waals surface area contributed by atoms with Crippen molar-refractivity contribution in [3.05, 3.63) is 30.4 Å². The van der Waals surface area contributed by atoms with E-state index in [0.717, 1.165) is 0 Å². The summed E-state index contributed by atoms with van der Waals surface area (Å²) in [6.07, 6.45) is 8.05. The van der Waals surface area contributed by atoms with Crippen molar-refractivity contribution in [2.75, 3.05) is 18.6 Å². The summed E-state index contributed by atoms with van der Waals surface area (Å²) < 4.78 is 5.25. The lowest BCUT2D eigenvalue weighted by Crippen LogP contribution is -2.29. The predicted octanol–water partition coefficient (Wildman–Crippen LogP) is 1.44. The summed E-state index contributed by atoms with van der Waals surface area (Å²) in [5, 5.41) is 0. The molecule has 1 aromatic rings. The highest BCUT2D eigenvalue weighted by Gasteiger charge is 2.20. The summed E-state index contributed by atoms with van der Waals surface area (Å²) in [4.78, 5) is 25.6. The monoisotopic (exact) mass is 258 g/mol. The fourth-order valence-electron chi connectivity index (χ4n) is 1.72. The van der Waals surface area contributed by atoms with E-state index in [4.69, 9.17) is 4.74 Å². The lowest BCUT2D eigenvalue weighted by Gasteiger charge is -2.22. The average molecular weight is 258 g/mol. The number of aliphatic imine (C=N–C) groups is 2. The van der Waals surface area contributed by atoms with E-state index in [1.54, 1.807) is 44.2 Å². The first-order valence-corrected chi connectivity index (χ1v) is 5.74. The van der Waals surface area contributed by atoms with Gasteiger partial charge in [-0.2, -0.15) is 0 Å². The van der Waals surface area contributed by atoms with E-state index in [2.05, 4.69) is 15.0 Å². The standard InChI is InChI=1S/C13H14N4O2/c1-10(18)17(11-7-15-5-6-16-8-11)12-9-14-4-3-13(12)19-2/h3-5,7-9H,6H2,1-2H3. The molecule has 0 fully saturated rings. The molecule has 0 spiro atoms. The van der Waals surface area contributed by atoms with Gasteiger partial charge in [-0.25, -0.2) is 0 Å². The van der Waals surface area contributed by atoms with Crippen molar-refractivity contribution in [1.29, 1.82) is 0 Å². The van der Waals surface area contributed by atoms with Gasteiger partial charge in [-0.15, -0.1) is 0 Å². The Bertz CT molecular complexity index is 564. The van der Waals surface area contributed by atoms with Crippen LogP contribution in [0.5, 0.6) is 5.75 Å². The highest BCUT2D eigenvalue weighted by atomic mass is 16.5. The molecule has 1 aliphatic heterocycles. The first-order chi connectivity index (χ1) is 9.24. The van der Waals surface area contributed by atoms with Crippen LogP contribution in [0.2, 0.25) is 0 Å². The van der Waals surface area contributed by atoms with Crippen LogP contribution in [0, 0.1) is 0 Å². The minimum absolute atomic E-state index is 0.166. The number of methoxy groups -OCH3 is 1. The smallest absolute Gasteiger partial charge is 0.228 e. The van der Waals surface area contributed by atoms with Crippen LogP contribution in [-0.2, 0) is 4.79 Å². The molecule has 1 aliphatic rings. The molecule has 0 atom stereocenters. The molecule has 0 saturated carbocycles. The summed E-state index contributed by atoms with van der Waals surface area (Å²) in [6, 6.07) is 1.70. The van der Waals surface area contributed by atoms with E-state index in [1.807, 2.05) is 0 Å². The Morgan fingerprint density at radius 2 is 2.32 bits per heavy atom. The van der Waals surface area contributed by atoms with E-state index in [-0.39, 0.29) is 5.91 Å². The number of ether oxygens (including phenoxy) is 1. The Morgan fingerprint density at radius 1 is 1.47 bits per heavy atom. The van der Waals surface area contributed by atoms with Crippen molar-refractivity contribution in [3.8, 4) is 5.75 Å².